The van der Waals surface area contributed by atoms with E-state index in [1.165, 1.54) is 0 Å². The van der Waals surface area contributed by atoms with Crippen LogP contribution in [0.5, 0.6) is 5.75 Å². The van der Waals surface area contributed by atoms with Crippen LogP contribution in [0.4, 0.5) is 5.69 Å². The van der Waals surface area contributed by atoms with Crippen molar-refractivity contribution < 1.29 is 9.53 Å². The van der Waals surface area contributed by atoms with Crippen LogP contribution in [-0.2, 0) is 4.79 Å². The van der Waals surface area contributed by atoms with Crippen molar-refractivity contribution in [3.05, 3.63) is 23.8 Å². The standard InChI is InChI=1S/C12H14N2O2.C2H6/c1-13-9-6-7-11(15)14-12-8(9)4-3-5-10(12)16-2;1-2/h3-5H,6-7H2,1-2H3,(H,14,15);1-2H3. The Morgan fingerprint density at radius 3 is 2.61 bits per heavy atom. The number of hydrogen-bond acceptors (Lipinski definition) is 3. The fraction of sp³-hybridized carbons (Fsp3) is 0.429. The first-order chi connectivity index (χ1) is 8.76. The van der Waals surface area contributed by atoms with E-state index >= 15 is 0 Å². The van der Waals surface area contributed by atoms with Gasteiger partial charge in [-0.1, -0.05) is 26.0 Å². The Morgan fingerprint density at radius 1 is 1.28 bits per heavy atom. The summed E-state index contributed by atoms with van der Waals surface area (Å²) in [6.45, 7) is 4.00. The van der Waals surface area contributed by atoms with Gasteiger partial charge in [0.2, 0.25) is 5.91 Å². The molecule has 1 aliphatic heterocycles. The van der Waals surface area contributed by atoms with Crippen molar-refractivity contribution in [2.75, 3.05) is 19.5 Å². The van der Waals surface area contributed by atoms with Gasteiger partial charge in [-0.05, 0) is 12.5 Å². The number of para-hydroxylation sites is 1. The number of rotatable bonds is 1. The van der Waals surface area contributed by atoms with Gasteiger partial charge in [-0.2, -0.15) is 0 Å². The van der Waals surface area contributed by atoms with Gasteiger partial charge in [-0.15, -0.1) is 0 Å². The molecule has 0 radical (unpaired) electrons. The van der Waals surface area contributed by atoms with E-state index in [-0.39, 0.29) is 5.91 Å². The summed E-state index contributed by atoms with van der Waals surface area (Å²) < 4.78 is 5.24. The number of anilines is 1. The normalized spacial score (nSPS) is 16.0. The summed E-state index contributed by atoms with van der Waals surface area (Å²) in [6.07, 6.45) is 1.13. The van der Waals surface area contributed by atoms with Gasteiger partial charge in [0, 0.05) is 24.7 Å². The molecule has 0 bridgehead atoms. The van der Waals surface area contributed by atoms with Crippen LogP contribution in [0.15, 0.2) is 23.2 Å². The Morgan fingerprint density at radius 2 is 2.00 bits per heavy atom. The lowest BCUT2D eigenvalue weighted by molar-refractivity contribution is -0.116. The Bertz CT molecular complexity index is 453. The average Bonchev–Trinajstić information content (AvgIpc) is 2.58. The molecule has 1 aromatic carbocycles. The first kappa shape index (κ1) is 14.2. The molecule has 98 valence electrons. The van der Waals surface area contributed by atoms with E-state index in [2.05, 4.69) is 10.3 Å². The molecule has 4 nitrogen and oxygen atoms in total. The van der Waals surface area contributed by atoms with Gasteiger partial charge in [0.05, 0.1) is 12.8 Å². The van der Waals surface area contributed by atoms with Crippen molar-refractivity contribution in [3.63, 3.8) is 0 Å². The number of benzene rings is 1. The summed E-state index contributed by atoms with van der Waals surface area (Å²) in [5.74, 6) is 0.679. The molecule has 1 N–H and O–H groups in total. The van der Waals surface area contributed by atoms with Crippen molar-refractivity contribution in [2.45, 2.75) is 26.7 Å². The third-order valence-electron chi connectivity index (χ3n) is 2.68. The highest BCUT2D eigenvalue weighted by Crippen LogP contribution is 2.31. The zero-order valence-electron chi connectivity index (χ0n) is 11.4. The summed E-state index contributed by atoms with van der Waals surface area (Å²) >= 11 is 0. The number of methoxy groups -OCH3 is 1. The van der Waals surface area contributed by atoms with Crippen LogP contribution < -0.4 is 10.1 Å². The average molecular weight is 248 g/mol. The van der Waals surface area contributed by atoms with E-state index in [1.54, 1.807) is 14.2 Å². The van der Waals surface area contributed by atoms with Crippen LogP contribution in [-0.4, -0.2) is 25.8 Å². The fourth-order valence-electron chi connectivity index (χ4n) is 1.87. The maximum absolute atomic E-state index is 11.6. The van der Waals surface area contributed by atoms with E-state index in [0.29, 0.717) is 18.6 Å². The van der Waals surface area contributed by atoms with Crippen LogP contribution in [0.1, 0.15) is 32.3 Å². The predicted molar refractivity (Wildman–Crippen MR) is 74.7 cm³/mol. The van der Waals surface area contributed by atoms with Crippen LogP contribution in [0, 0.1) is 0 Å². The third-order valence-corrected chi connectivity index (χ3v) is 2.68. The second-order valence-electron chi connectivity index (χ2n) is 3.60. The molecule has 0 saturated carbocycles. The van der Waals surface area contributed by atoms with Crippen molar-refractivity contribution in [1.29, 1.82) is 0 Å². The molecule has 1 amide bonds. The number of carbonyl (C=O) groups is 1. The fourth-order valence-corrected chi connectivity index (χ4v) is 1.87. The highest BCUT2D eigenvalue weighted by Gasteiger charge is 2.20. The predicted octanol–water partition coefficient (Wildman–Crippen LogP) is 2.87. The van der Waals surface area contributed by atoms with Gasteiger partial charge in [0.1, 0.15) is 5.75 Å². The largest absolute Gasteiger partial charge is 0.495 e. The highest BCUT2D eigenvalue weighted by molar-refractivity contribution is 6.12. The molecule has 0 atom stereocenters. The van der Waals surface area contributed by atoms with Crippen molar-refractivity contribution >= 4 is 17.3 Å². The van der Waals surface area contributed by atoms with Crippen molar-refractivity contribution in [2.24, 2.45) is 4.99 Å². The van der Waals surface area contributed by atoms with Crippen LogP contribution in [0.2, 0.25) is 0 Å². The van der Waals surface area contributed by atoms with Crippen molar-refractivity contribution in [1.82, 2.24) is 0 Å². The van der Waals surface area contributed by atoms with Crippen LogP contribution in [0.3, 0.4) is 0 Å². The van der Waals surface area contributed by atoms with Gasteiger partial charge < -0.3 is 10.1 Å². The number of nitrogens with one attached hydrogen (secondary N) is 1. The molecule has 0 fully saturated rings. The maximum atomic E-state index is 11.6. The third kappa shape index (κ3) is 2.88. The molecular formula is C14H20N2O2. The first-order valence-electron chi connectivity index (χ1n) is 6.19. The van der Waals surface area contributed by atoms with E-state index in [4.69, 9.17) is 4.74 Å². The summed E-state index contributed by atoms with van der Waals surface area (Å²) in [4.78, 5) is 15.8. The SMILES string of the molecule is CC.CN=C1CCC(=O)Nc2c(OC)cccc21. The second kappa shape index (κ2) is 6.79. The highest BCUT2D eigenvalue weighted by atomic mass is 16.5. The lowest BCUT2D eigenvalue weighted by atomic mass is 10.0. The summed E-state index contributed by atoms with van der Waals surface area (Å²) in [5.41, 5.74) is 2.62. The van der Waals surface area contributed by atoms with Gasteiger partial charge in [-0.25, -0.2) is 0 Å². The van der Waals surface area contributed by atoms with Gasteiger partial charge >= 0.3 is 0 Å². The molecule has 4 heteroatoms. The minimum absolute atomic E-state index is 0.00407. The van der Waals surface area contributed by atoms with Crippen LogP contribution >= 0.6 is 0 Å². The van der Waals surface area contributed by atoms with E-state index in [9.17, 15) is 4.79 Å². The number of carbonyl (C=O) groups excluding carboxylic acids is 1. The molecule has 18 heavy (non-hydrogen) atoms. The number of amides is 1. The molecular weight excluding hydrogens is 228 g/mol. The quantitative estimate of drug-likeness (QED) is 0.830. The smallest absolute Gasteiger partial charge is 0.224 e. The number of nitrogens with zero attached hydrogens (tertiary/aromatic N) is 1. The molecule has 0 spiro atoms. The zero-order valence-corrected chi connectivity index (χ0v) is 11.4. The Labute approximate surface area is 108 Å². The molecule has 1 heterocycles. The molecule has 1 aliphatic rings. The van der Waals surface area contributed by atoms with Gasteiger partial charge in [0.25, 0.3) is 0 Å². The molecule has 1 aromatic rings. The minimum Gasteiger partial charge on any atom is -0.495 e. The zero-order chi connectivity index (χ0) is 13.5. The van der Waals surface area contributed by atoms with E-state index in [1.807, 2.05) is 32.0 Å². The maximum Gasteiger partial charge on any atom is 0.224 e. The number of aliphatic imine (C=N–C) groups is 1. The topological polar surface area (TPSA) is 50.7 Å². The first-order valence-corrected chi connectivity index (χ1v) is 6.19. The Kier molecular flexibility index (Phi) is 5.36. The van der Waals surface area contributed by atoms with Gasteiger partial charge in [0.15, 0.2) is 0 Å². The second-order valence-corrected chi connectivity index (χ2v) is 3.60. The van der Waals surface area contributed by atoms with E-state index in [0.717, 1.165) is 17.0 Å². The summed E-state index contributed by atoms with van der Waals surface area (Å²) in [6, 6.07) is 5.68. The summed E-state index contributed by atoms with van der Waals surface area (Å²) in [5, 5.41) is 2.86. The number of hydrogen-bond donors (Lipinski definition) is 1. The number of fused-ring (bicyclic) bond motifs is 1. The van der Waals surface area contributed by atoms with Gasteiger partial charge in [-0.3, -0.25) is 9.79 Å². The Balaban J connectivity index is 0.000000771. The summed E-state index contributed by atoms with van der Waals surface area (Å²) in [7, 11) is 3.34. The molecule has 0 unspecified atom stereocenters. The molecule has 0 saturated heterocycles. The van der Waals surface area contributed by atoms with Crippen LogP contribution in [0.25, 0.3) is 0 Å². The molecule has 0 aromatic heterocycles. The minimum atomic E-state index is 0.00407. The lowest BCUT2D eigenvalue weighted by Gasteiger charge is -2.11. The Hall–Kier alpha value is -1.84. The number of ether oxygens (including phenoxy) is 1. The molecule has 0 aliphatic carbocycles. The monoisotopic (exact) mass is 248 g/mol. The van der Waals surface area contributed by atoms with Crippen molar-refractivity contribution in [3.8, 4) is 5.75 Å². The molecule has 2 rings (SSSR count). The van der Waals surface area contributed by atoms with E-state index < -0.39 is 0 Å². The lowest BCUT2D eigenvalue weighted by Crippen LogP contribution is -2.10.